The fourth-order valence-corrected chi connectivity index (χ4v) is 3.80. The third-order valence-corrected chi connectivity index (χ3v) is 5.03. The van der Waals surface area contributed by atoms with Gasteiger partial charge in [-0.15, -0.1) is 0 Å². The Balaban J connectivity index is 0.000000370. The average molecular weight is 422 g/mol. The van der Waals surface area contributed by atoms with Gasteiger partial charge in [-0.25, -0.2) is 4.79 Å². The summed E-state index contributed by atoms with van der Waals surface area (Å²) < 4.78 is 47.9. The number of furan rings is 1. The molecule has 1 N–H and O–H groups in total. The summed E-state index contributed by atoms with van der Waals surface area (Å²) in [5, 5.41) is 7.12. The van der Waals surface area contributed by atoms with Crippen LogP contribution in [0.3, 0.4) is 0 Å². The molecule has 2 aliphatic heterocycles. The molecule has 0 bridgehead atoms. The summed E-state index contributed by atoms with van der Waals surface area (Å²) in [7, 11) is 3.33. The third kappa shape index (κ3) is 6.18. The zero-order chi connectivity index (χ0) is 21.6. The Morgan fingerprint density at radius 3 is 2.52 bits per heavy atom. The van der Waals surface area contributed by atoms with Crippen molar-refractivity contribution < 1.29 is 41.8 Å². The molecule has 8 nitrogen and oxygen atoms in total. The van der Waals surface area contributed by atoms with E-state index < -0.39 is 12.1 Å². The van der Waals surface area contributed by atoms with Crippen LogP contribution in [0.25, 0.3) is 0 Å². The Hall–Kier alpha value is -2.11. The summed E-state index contributed by atoms with van der Waals surface area (Å²) in [6, 6.07) is 4.10. The molecule has 0 saturated carbocycles. The molecule has 29 heavy (non-hydrogen) atoms. The minimum Gasteiger partial charge on any atom is -0.475 e. The van der Waals surface area contributed by atoms with Crippen molar-refractivity contribution in [3.05, 3.63) is 24.2 Å². The first-order chi connectivity index (χ1) is 13.7. The van der Waals surface area contributed by atoms with Gasteiger partial charge in [-0.3, -0.25) is 9.69 Å². The predicted molar refractivity (Wildman–Crippen MR) is 94.0 cm³/mol. The highest BCUT2D eigenvalue weighted by Crippen LogP contribution is 2.33. The number of methoxy groups -OCH3 is 2. The number of hydrogen-bond acceptors (Lipinski definition) is 6. The zero-order valence-electron chi connectivity index (χ0n) is 16.2. The number of aliphatic carboxylic acids is 1. The summed E-state index contributed by atoms with van der Waals surface area (Å²) in [4.78, 5) is 25.5. The van der Waals surface area contributed by atoms with E-state index in [1.54, 1.807) is 20.5 Å². The van der Waals surface area contributed by atoms with Gasteiger partial charge in [-0.1, -0.05) is 0 Å². The van der Waals surface area contributed by atoms with Crippen LogP contribution in [0.1, 0.15) is 12.2 Å². The maximum atomic E-state index is 12.3. The number of likely N-dealkylation sites (tertiary alicyclic amines) is 2. The number of carboxylic acid groups (broad SMARTS) is 1. The lowest BCUT2D eigenvalue weighted by atomic mass is 9.89. The number of halogens is 3. The van der Waals surface area contributed by atoms with Crippen LogP contribution >= 0.6 is 0 Å². The quantitative estimate of drug-likeness (QED) is 0.771. The maximum absolute atomic E-state index is 12.3. The fourth-order valence-electron chi connectivity index (χ4n) is 3.80. The van der Waals surface area contributed by atoms with Crippen LogP contribution in [-0.2, 0) is 25.6 Å². The number of piperidine rings is 1. The molecular weight excluding hydrogens is 397 g/mol. The van der Waals surface area contributed by atoms with Crippen molar-refractivity contribution in [1.82, 2.24) is 9.80 Å². The van der Waals surface area contributed by atoms with Crippen molar-refractivity contribution in [3.63, 3.8) is 0 Å². The van der Waals surface area contributed by atoms with Crippen molar-refractivity contribution >= 4 is 11.9 Å². The molecule has 0 radical (unpaired) electrons. The van der Waals surface area contributed by atoms with Gasteiger partial charge in [0.25, 0.3) is 0 Å². The number of ether oxygens (including phenoxy) is 2. The largest absolute Gasteiger partial charge is 0.490 e. The van der Waals surface area contributed by atoms with Gasteiger partial charge < -0.3 is 23.9 Å². The Morgan fingerprint density at radius 1 is 1.31 bits per heavy atom. The van der Waals surface area contributed by atoms with Gasteiger partial charge in [-0.2, -0.15) is 13.2 Å². The van der Waals surface area contributed by atoms with Gasteiger partial charge in [0, 0.05) is 39.8 Å². The minimum atomic E-state index is -5.08. The average Bonchev–Trinajstić information content (AvgIpc) is 3.30. The molecule has 3 atom stereocenters. The number of hydrogen-bond donors (Lipinski definition) is 1. The zero-order valence-corrected chi connectivity index (χ0v) is 16.2. The van der Waals surface area contributed by atoms with E-state index >= 15 is 0 Å². The molecule has 3 heterocycles. The number of carboxylic acids is 1. The van der Waals surface area contributed by atoms with Crippen molar-refractivity contribution in [2.75, 3.05) is 40.5 Å². The monoisotopic (exact) mass is 422 g/mol. The third-order valence-electron chi connectivity index (χ3n) is 5.03. The molecule has 0 spiro atoms. The first-order valence-corrected chi connectivity index (χ1v) is 9.03. The van der Waals surface area contributed by atoms with Gasteiger partial charge >= 0.3 is 12.1 Å². The van der Waals surface area contributed by atoms with E-state index in [4.69, 9.17) is 23.8 Å². The predicted octanol–water partition coefficient (Wildman–Crippen LogP) is 1.61. The summed E-state index contributed by atoms with van der Waals surface area (Å²) in [5.41, 5.74) is 0. The van der Waals surface area contributed by atoms with E-state index in [-0.39, 0.29) is 24.7 Å². The summed E-state index contributed by atoms with van der Waals surface area (Å²) in [5.74, 6) is -1.36. The lowest BCUT2D eigenvalue weighted by Crippen LogP contribution is -2.54. The molecule has 1 aromatic rings. The first kappa shape index (κ1) is 23.2. The fraction of sp³-hybridized carbons (Fsp3) is 0.667. The molecule has 2 saturated heterocycles. The minimum absolute atomic E-state index is 0.0758. The number of alkyl halides is 3. The second-order valence-electron chi connectivity index (χ2n) is 6.89. The highest BCUT2D eigenvalue weighted by molar-refractivity contribution is 5.78. The summed E-state index contributed by atoms with van der Waals surface area (Å²) >= 11 is 0. The second kappa shape index (κ2) is 10.1. The number of carbonyl (C=O) groups excluding carboxylic acids is 1. The number of fused-ring (bicyclic) bond motifs is 1. The Labute approximate surface area is 166 Å². The first-order valence-electron chi connectivity index (χ1n) is 9.03. The highest BCUT2D eigenvalue weighted by Gasteiger charge is 2.45. The standard InChI is InChI=1S/C16H24N2O4.C2HF3O2/c1-20-11-16(19)18-6-5-15(21-2)13-9-17(10-14(13)18)8-12-4-3-7-22-12;3-2(4,5)1(6)7/h3-4,7,13-15H,5-6,8-11H2,1-2H3;(H,6,7)/t13-,14+,15-;/m0./s1. The maximum Gasteiger partial charge on any atom is 0.490 e. The molecule has 1 aromatic heterocycles. The van der Waals surface area contributed by atoms with Crippen LogP contribution in [0.4, 0.5) is 13.2 Å². The molecule has 2 aliphatic rings. The molecule has 3 rings (SSSR count). The van der Waals surface area contributed by atoms with E-state index in [1.165, 1.54) is 0 Å². The normalized spacial score (nSPS) is 24.6. The lowest BCUT2D eigenvalue weighted by molar-refractivity contribution is -0.192. The van der Waals surface area contributed by atoms with Gasteiger partial charge in [0.15, 0.2) is 0 Å². The molecule has 1 amide bonds. The van der Waals surface area contributed by atoms with E-state index in [0.29, 0.717) is 5.92 Å². The lowest BCUT2D eigenvalue weighted by Gasteiger charge is -2.41. The van der Waals surface area contributed by atoms with Crippen molar-refractivity contribution in [1.29, 1.82) is 0 Å². The molecule has 0 unspecified atom stereocenters. The number of rotatable bonds is 5. The Kier molecular flexibility index (Phi) is 8.05. The van der Waals surface area contributed by atoms with Gasteiger partial charge in [0.1, 0.15) is 12.4 Å². The Bertz CT molecular complexity index is 667. The summed E-state index contributed by atoms with van der Waals surface area (Å²) in [6.45, 7) is 3.47. The van der Waals surface area contributed by atoms with Crippen LogP contribution < -0.4 is 0 Å². The van der Waals surface area contributed by atoms with Gasteiger partial charge in [-0.05, 0) is 18.6 Å². The Morgan fingerprint density at radius 2 is 2.00 bits per heavy atom. The van der Waals surface area contributed by atoms with Crippen LogP contribution in [0.5, 0.6) is 0 Å². The molecule has 11 heteroatoms. The van der Waals surface area contributed by atoms with Crippen molar-refractivity contribution in [3.8, 4) is 0 Å². The highest BCUT2D eigenvalue weighted by atomic mass is 19.4. The number of nitrogens with zero attached hydrogens (tertiary/aromatic N) is 2. The second-order valence-corrected chi connectivity index (χ2v) is 6.89. The SMILES string of the molecule is COCC(=O)N1CC[C@H](OC)[C@H]2CN(Cc3ccco3)C[C@H]21.O=C(O)C(F)(F)F. The van der Waals surface area contributed by atoms with Crippen LogP contribution in [-0.4, -0.2) is 85.6 Å². The number of carbonyl (C=O) groups is 2. The van der Waals surface area contributed by atoms with E-state index in [1.807, 2.05) is 17.0 Å². The van der Waals surface area contributed by atoms with Crippen molar-refractivity contribution in [2.45, 2.75) is 31.3 Å². The van der Waals surface area contributed by atoms with Crippen molar-refractivity contribution in [2.24, 2.45) is 5.92 Å². The van der Waals surface area contributed by atoms with E-state index in [9.17, 15) is 18.0 Å². The van der Waals surface area contributed by atoms with Crippen LogP contribution in [0.2, 0.25) is 0 Å². The van der Waals surface area contributed by atoms with Gasteiger partial charge in [0.2, 0.25) is 5.91 Å². The van der Waals surface area contributed by atoms with E-state index in [0.717, 1.165) is 38.4 Å². The smallest absolute Gasteiger partial charge is 0.475 e. The van der Waals surface area contributed by atoms with Gasteiger partial charge in [0.05, 0.1) is 25.0 Å². The molecule has 164 valence electrons. The molecular formula is C18H25F3N2O6. The molecule has 0 aromatic carbocycles. The molecule has 0 aliphatic carbocycles. The van der Waals surface area contributed by atoms with Crippen LogP contribution in [0, 0.1) is 5.92 Å². The summed E-state index contributed by atoms with van der Waals surface area (Å²) in [6.07, 6.45) is -2.27. The number of amides is 1. The molecule has 2 fully saturated rings. The van der Waals surface area contributed by atoms with Crippen LogP contribution in [0.15, 0.2) is 22.8 Å². The topological polar surface area (TPSA) is 92.5 Å². The van der Waals surface area contributed by atoms with E-state index in [2.05, 4.69) is 4.90 Å².